The molecule has 0 aliphatic heterocycles. The molecule has 0 aromatic rings. The average Bonchev–Trinajstić information content (AvgIpc) is 2.04. The summed E-state index contributed by atoms with van der Waals surface area (Å²) in [5, 5.41) is 0. The van der Waals surface area contributed by atoms with E-state index in [9.17, 15) is 0 Å². The van der Waals surface area contributed by atoms with Crippen LogP contribution in [-0.2, 0) is 17.1 Å². The summed E-state index contributed by atoms with van der Waals surface area (Å²) in [7, 11) is 2.99. The Hall–Kier alpha value is 1.28. The maximum absolute atomic E-state index is 2.61. The van der Waals surface area contributed by atoms with Gasteiger partial charge in [0.05, 0.1) is 0 Å². The molecule has 0 aromatic carbocycles. The molecule has 0 saturated heterocycles. The van der Waals surface area contributed by atoms with Crippen molar-refractivity contribution >= 4 is 31.7 Å². The zero-order chi connectivity index (χ0) is 7.85. The molecule has 1 aliphatic rings. The molecule has 4 heteroatoms. The fourth-order valence-corrected chi connectivity index (χ4v) is 9.75. The van der Waals surface area contributed by atoms with E-state index in [4.69, 9.17) is 0 Å². The first-order chi connectivity index (χ1) is 4.36. The van der Waals surface area contributed by atoms with Gasteiger partial charge in [-0.05, 0) is 0 Å². The van der Waals surface area contributed by atoms with Crippen LogP contribution in [0.25, 0.3) is 0 Å². The van der Waals surface area contributed by atoms with Crippen molar-refractivity contribution in [1.82, 2.24) is 0 Å². The van der Waals surface area contributed by atoms with Crippen LogP contribution in [0.15, 0.2) is 21.5 Å². The first kappa shape index (κ1) is 12.3. The molecule has 0 bridgehead atoms. The second kappa shape index (κ2) is 3.57. The van der Waals surface area contributed by atoms with E-state index in [-0.39, 0.29) is 17.0 Å². The summed E-state index contributed by atoms with van der Waals surface area (Å²) < 4.78 is 7.08. The van der Waals surface area contributed by atoms with E-state index in [1.165, 1.54) is 21.2 Å². The van der Waals surface area contributed by atoms with E-state index >= 15 is 0 Å². The van der Waals surface area contributed by atoms with E-state index in [2.05, 4.69) is 27.5 Å². The number of rotatable bonds is 1. The van der Waals surface area contributed by atoms with E-state index in [0.717, 1.165) is 0 Å². The summed E-state index contributed by atoms with van der Waals surface area (Å²) in [6.45, 7) is 0. The quantitative estimate of drug-likeness (QED) is 0.623. The molecular weight excluding hydrogens is 311 g/mol. The van der Waals surface area contributed by atoms with Gasteiger partial charge in [0, 0.05) is 0 Å². The molecule has 0 radical (unpaired) electrons. The molecule has 0 amide bonds. The Kier molecular flexibility index (Phi) is 3.98. The fourth-order valence-electron chi connectivity index (χ4n) is 1.19. The summed E-state index contributed by atoms with van der Waals surface area (Å²) in [5.74, 6) is 0. The summed E-state index contributed by atoms with van der Waals surface area (Å²) in [5.41, 5.74) is 0. The van der Waals surface area contributed by atoms with Crippen LogP contribution in [0.4, 0.5) is 0 Å². The van der Waals surface area contributed by atoms with Crippen molar-refractivity contribution in [2.45, 2.75) is 15.7 Å². The Morgan fingerprint density at radius 2 is 1.91 bits per heavy atom. The van der Waals surface area contributed by atoms with Crippen LogP contribution in [0.1, 0.15) is 6.42 Å². The monoisotopic (exact) mass is 327 g/mol. The SMILES string of the molecule is Br.[CH3][Zr]([CH3])([SiH3])([SiH3])[C]1=CC=CC1. The zero-order valence-corrected chi connectivity index (χ0v) is 16.0. The number of allylic oxidation sites excluding steroid dienone is 4. The third kappa shape index (κ3) is 3.66. The van der Waals surface area contributed by atoms with Crippen molar-refractivity contribution in [3.63, 3.8) is 0 Å². The topological polar surface area (TPSA) is 0 Å². The molecular formula is C7H18BrSi2Zr. The van der Waals surface area contributed by atoms with Gasteiger partial charge in [0.25, 0.3) is 0 Å². The van der Waals surface area contributed by atoms with E-state index < -0.39 is 17.1 Å². The second-order valence-corrected chi connectivity index (χ2v) is 79.8. The molecule has 0 unspecified atom stereocenters. The summed E-state index contributed by atoms with van der Waals surface area (Å²) >= 11 is -1.93. The summed E-state index contributed by atoms with van der Waals surface area (Å²) in [6.07, 6.45) is 8.24. The van der Waals surface area contributed by atoms with Gasteiger partial charge in [-0.15, -0.1) is 17.0 Å². The van der Waals surface area contributed by atoms with Gasteiger partial charge in [-0.1, -0.05) is 0 Å². The Labute approximate surface area is 85.2 Å². The van der Waals surface area contributed by atoms with Crippen LogP contribution in [0.2, 0.25) is 9.26 Å². The summed E-state index contributed by atoms with van der Waals surface area (Å²) in [4.78, 5) is 0. The number of hydrogen-bond donors (Lipinski definition) is 0. The summed E-state index contributed by atoms with van der Waals surface area (Å²) in [6, 6.07) is 0. The Morgan fingerprint density at radius 3 is 2.09 bits per heavy atom. The van der Waals surface area contributed by atoms with Gasteiger partial charge in [-0.3, -0.25) is 0 Å². The molecule has 0 saturated carbocycles. The average molecular weight is 330 g/mol. The molecule has 0 nitrogen and oxygen atoms in total. The van der Waals surface area contributed by atoms with Crippen molar-refractivity contribution in [1.29, 1.82) is 0 Å². The van der Waals surface area contributed by atoms with Gasteiger partial charge in [0.15, 0.2) is 0 Å². The van der Waals surface area contributed by atoms with Crippen LogP contribution in [-0.4, -0.2) is 14.7 Å². The first-order valence-corrected chi connectivity index (χ1v) is 26.9. The Bertz CT molecular complexity index is 203. The molecule has 0 fully saturated rings. The molecule has 0 heterocycles. The fraction of sp³-hybridized carbons (Fsp3) is 0.429. The van der Waals surface area contributed by atoms with Gasteiger partial charge in [-0.25, -0.2) is 0 Å². The standard InChI is InChI=1S/C5H5.2CH3.BrH.2H3Si.Zr/c1-2-4-5-3-1;;;;;;/h1-3H,4H2;2*1H3;1H;2*1H3;. The molecule has 0 atom stereocenters. The first-order valence-electron chi connectivity index (χ1n) is 3.97. The van der Waals surface area contributed by atoms with Gasteiger partial charge in [0.1, 0.15) is 0 Å². The van der Waals surface area contributed by atoms with E-state index in [1.807, 2.05) is 3.28 Å². The molecule has 0 aromatic heterocycles. The zero-order valence-electron chi connectivity index (χ0n) is 7.85. The third-order valence-corrected chi connectivity index (χ3v) is 16.9. The van der Waals surface area contributed by atoms with Gasteiger partial charge >= 0.3 is 69.0 Å². The molecule has 11 heavy (non-hydrogen) atoms. The normalized spacial score (nSPS) is 20.5. The Morgan fingerprint density at radius 1 is 1.36 bits per heavy atom. The minimum absolute atomic E-state index is 0. The minimum atomic E-state index is -1.93. The van der Waals surface area contributed by atoms with Crippen molar-refractivity contribution in [2.24, 2.45) is 0 Å². The van der Waals surface area contributed by atoms with Crippen molar-refractivity contribution in [2.75, 3.05) is 0 Å². The molecule has 0 spiro atoms. The predicted molar refractivity (Wildman–Crippen MR) is 63.8 cm³/mol. The van der Waals surface area contributed by atoms with Crippen LogP contribution >= 0.6 is 17.0 Å². The van der Waals surface area contributed by atoms with Crippen molar-refractivity contribution in [3.8, 4) is 0 Å². The van der Waals surface area contributed by atoms with Crippen LogP contribution in [0.5, 0.6) is 0 Å². The van der Waals surface area contributed by atoms with Gasteiger partial charge < -0.3 is 0 Å². The molecule has 0 N–H and O–H groups in total. The van der Waals surface area contributed by atoms with Crippen LogP contribution < -0.4 is 0 Å². The number of hydrogen-bond acceptors (Lipinski definition) is 0. The van der Waals surface area contributed by atoms with Crippen molar-refractivity contribution in [3.05, 3.63) is 21.5 Å². The van der Waals surface area contributed by atoms with Crippen LogP contribution in [0.3, 0.4) is 0 Å². The molecule has 1 aliphatic carbocycles. The second-order valence-electron chi connectivity index (χ2n) is 5.32. The third-order valence-electron chi connectivity index (χ3n) is 2.06. The maximum atomic E-state index is 2.61. The predicted octanol–water partition coefficient (Wildman–Crippen LogP) is 0.755. The molecule has 1 rings (SSSR count). The van der Waals surface area contributed by atoms with Gasteiger partial charge in [0.2, 0.25) is 0 Å². The van der Waals surface area contributed by atoms with Crippen molar-refractivity contribution < 1.29 is 17.1 Å². The number of halogens is 1. The van der Waals surface area contributed by atoms with E-state index in [1.54, 1.807) is 0 Å². The van der Waals surface area contributed by atoms with Gasteiger partial charge in [-0.2, -0.15) is 0 Å². The van der Waals surface area contributed by atoms with E-state index in [0.29, 0.717) is 0 Å². The molecule has 65 valence electrons. The van der Waals surface area contributed by atoms with Crippen LogP contribution in [0, 0.1) is 0 Å². The Balaban J connectivity index is 0.000001000.